The molecule has 28 heavy (non-hydrogen) atoms. The first kappa shape index (κ1) is 19.6. The molecule has 0 bridgehead atoms. The number of para-hydroxylation sites is 1. The monoisotopic (exact) mass is 380 g/mol. The van der Waals surface area contributed by atoms with Gasteiger partial charge in [0, 0.05) is 19.0 Å². The predicted octanol–water partition coefficient (Wildman–Crippen LogP) is 3.71. The van der Waals surface area contributed by atoms with E-state index in [-0.39, 0.29) is 5.91 Å². The molecule has 3 rings (SSSR count). The van der Waals surface area contributed by atoms with Gasteiger partial charge in [0.25, 0.3) is 0 Å². The Bertz CT molecular complexity index is 874. The van der Waals surface area contributed by atoms with Crippen LogP contribution in [0.3, 0.4) is 0 Å². The van der Waals surface area contributed by atoms with Gasteiger partial charge in [0.2, 0.25) is 5.91 Å². The molecule has 2 aromatic carbocycles. The maximum absolute atomic E-state index is 12.8. The number of hydrogen-bond donors (Lipinski definition) is 0. The molecule has 0 aromatic heterocycles. The number of benzene rings is 2. The molecule has 1 heterocycles. The van der Waals surface area contributed by atoms with Gasteiger partial charge in [-0.05, 0) is 43.0 Å². The van der Waals surface area contributed by atoms with Gasteiger partial charge >= 0.3 is 0 Å². The lowest BCUT2D eigenvalue weighted by Crippen LogP contribution is -2.35. The van der Waals surface area contributed by atoms with Crippen LogP contribution in [0.1, 0.15) is 30.4 Å². The summed E-state index contributed by atoms with van der Waals surface area (Å²) in [7, 11) is 3.17. The SMILES string of the molecule is COc1cc(C#N)ccc1OCCCC(=O)N1CCCc2cccc(OC)c21. The zero-order chi connectivity index (χ0) is 19.9. The molecule has 0 atom stereocenters. The van der Waals surface area contributed by atoms with E-state index in [1.165, 1.54) is 7.11 Å². The molecule has 0 N–H and O–H groups in total. The lowest BCUT2D eigenvalue weighted by atomic mass is 10.0. The van der Waals surface area contributed by atoms with E-state index >= 15 is 0 Å². The second-order valence-corrected chi connectivity index (χ2v) is 6.55. The van der Waals surface area contributed by atoms with E-state index in [9.17, 15) is 4.79 Å². The van der Waals surface area contributed by atoms with E-state index in [0.29, 0.717) is 43.1 Å². The van der Waals surface area contributed by atoms with Crippen molar-refractivity contribution in [3.63, 3.8) is 0 Å². The van der Waals surface area contributed by atoms with Crippen LogP contribution >= 0.6 is 0 Å². The summed E-state index contributed by atoms with van der Waals surface area (Å²) in [5.41, 5.74) is 2.56. The van der Waals surface area contributed by atoms with Crippen molar-refractivity contribution in [1.29, 1.82) is 5.26 Å². The number of nitrogens with zero attached hydrogens (tertiary/aromatic N) is 2. The fourth-order valence-corrected chi connectivity index (χ4v) is 3.43. The number of hydrogen-bond acceptors (Lipinski definition) is 5. The van der Waals surface area contributed by atoms with Gasteiger partial charge in [-0.2, -0.15) is 5.26 Å². The smallest absolute Gasteiger partial charge is 0.227 e. The molecule has 0 saturated heterocycles. The van der Waals surface area contributed by atoms with Crippen LogP contribution < -0.4 is 19.1 Å². The number of carbonyl (C=O) groups is 1. The van der Waals surface area contributed by atoms with Crippen molar-refractivity contribution in [2.24, 2.45) is 0 Å². The maximum atomic E-state index is 12.8. The highest BCUT2D eigenvalue weighted by Crippen LogP contribution is 2.36. The third-order valence-electron chi connectivity index (χ3n) is 4.79. The highest BCUT2D eigenvalue weighted by molar-refractivity contribution is 5.96. The summed E-state index contributed by atoms with van der Waals surface area (Å²) >= 11 is 0. The number of nitriles is 1. The maximum Gasteiger partial charge on any atom is 0.227 e. The molecule has 6 heteroatoms. The number of rotatable bonds is 7. The number of fused-ring (bicyclic) bond motifs is 1. The van der Waals surface area contributed by atoms with Crippen molar-refractivity contribution in [3.05, 3.63) is 47.5 Å². The Kier molecular flexibility index (Phi) is 6.38. The van der Waals surface area contributed by atoms with Crippen LogP contribution in [0, 0.1) is 11.3 Å². The van der Waals surface area contributed by atoms with Gasteiger partial charge in [0.1, 0.15) is 5.75 Å². The average molecular weight is 380 g/mol. The third-order valence-corrected chi connectivity index (χ3v) is 4.79. The van der Waals surface area contributed by atoms with Crippen molar-refractivity contribution < 1.29 is 19.0 Å². The second-order valence-electron chi connectivity index (χ2n) is 6.55. The minimum absolute atomic E-state index is 0.0702. The number of anilines is 1. The summed E-state index contributed by atoms with van der Waals surface area (Å²) in [6.45, 7) is 1.09. The lowest BCUT2D eigenvalue weighted by Gasteiger charge is -2.31. The predicted molar refractivity (Wildman–Crippen MR) is 106 cm³/mol. The molecule has 0 saturated carbocycles. The Balaban J connectivity index is 1.59. The highest BCUT2D eigenvalue weighted by Gasteiger charge is 2.25. The number of aryl methyl sites for hydroxylation is 1. The second kappa shape index (κ2) is 9.14. The Morgan fingerprint density at radius 2 is 1.96 bits per heavy atom. The van der Waals surface area contributed by atoms with Gasteiger partial charge < -0.3 is 19.1 Å². The molecule has 0 fully saturated rings. The van der Waals surface area contributed by atoms with Crippen LogP contribution in [0.4, 0.5) is 5.69 Å². The number of amides is 1. The minimum atomic E-state index is 0.0702. The van der Waals surface area contributed by atoms with Gasteiger partial charge in [-0.1, -0.05) is 12.1 Å². The van der Waals surface area contributed by atoms with E-state index in [4.69, 9.17) is 19.5 Å². The van der Waals surface area contributed by atoms with Crippen molar-refractivity contribution >= 4 is 11.6 Å². The molecule has 0 aliphatic carbocycles. The van der Waals surface area contributed by atoms with Gasteiger partial charge in [0.15, 0.2) is 11.5 Å². The minimum Gasteiger partial charge on any atom is -0.495 e. The molecule has 0 radical (unpaired) electrons. The molecule has 146 valence electrons. The van der Waals surface area contributed by atoms with E-state index in [2.05, 4.69) is 12.1 Å². The quantitative estimate of drug-likeness (QED) is 0.685. The first-order valence-electron chi connectivity index (χ1n) is 9.35. The first-order valence-corrected chi connectivity index (χ1v) is 9.35. The molecule has 1 amide bonds. The summed E-state index contributed by atoms with van der Waals surface area (Å²) in [4.78, 5) is 14.6. The van der Waals surface area contributed by atoms with Crippen molar-refractivity contribution in [1.82, 2.24) is 0 Å². The Morgan fingerprint density at radius 3 is 2.71 bits per heavy atom. The van der Waals surface area contributed by atoms with Crippen LogP contribution in [-0.2, 0) is 11.2 Å². The fraction of sp³-hybridized carbons (Fsp3) is 0.364. The zero-order valence-electron chi connectivity index (χ0n) is 16.2. The summed E-state index contributed by atoms with van der Waals surface area (Å²) in [5, 5.41) is 8.96. The van der Waals surface area contributed by atoms with E-state index in [1.807, 2.05) is 17.0 Å². The highest BCUT2D eigenvalue weighted by atomic mass is 16.5. The lowest BCUT2D eigenvalue weighted by molar-refractivity contribution is -0.118. The van der Waals surface area contributed by atoms with Crippen LogP contribution in [0.5, 0.6) is 17.2 Å². The van der Waals surface area contributed by atoms with E-state index < -0.39 is 0 Å². The largest absolute Gasteiger partial charge is 0.495 e. The van der Waals surface area contributed by atoms with E-state index in [1.54, 1.807) is 25.3 Å². The molecular weight excluding hydrogens is 356 g/mol. The van der Waals surface area contributed by atoms with Crippen LogP contribution in [-0.4, -0.2) is 33.3 Å². The third kappa shape index (κ3) is 4.20. The molecule has 0 unspecified atom stereocenters. The standard InChI is InChI=1S/C22H24N2O4/c1-26-19-8-3-6-17-7-4-12-24(22(17)19)21(25)9-5-13-28-18-11-10-16(15-23)14-20(18)27-2/h3,6,8,10-11,14H,4-5,7,9,12-13H2,1-2H3. The summed E-state index contributed by atoms with van der Waals surface area (Å²) in [6, 6.07) is 13.0. The Hall–Kier alpha value is -3.20. The molecule has 2 aromatic rings. The summed E-state index contributed by atoms with van der Waals surface area (Å²) < 4.78 is 16.5. The summed E-state index contributed by atoms with van der Waals surface area (Å²) in [5.74, 6) is 1.89. The van der Waals surface area contributed by atoms with Crippen LogP contribution in [0.2, 0.25) is 0 Å². The summed E-state index contributed by atoms with van der Waals surface area (Å²) in [6.07, 6.45) is 2.88. The number of ether oxygens (including phenoxy) is 3. The van der Waals surface area contributed by atoms with Crippen molar-refractivity contribution in [3.8, 4) is 23.3 Å². The van der Waals surface area contributed by atoms with Gasteiger partial charge in [-0.15, -0.1) is 0 Å². The number of carbonyl (C=O) groups excluding carboxylic acids is 1. The average Bonchev–Trinajstić information content (AvgIpc) is 2.75. The van der Waals surface area contributed by atoms with Crippen LogP contribution in [0.15, 0.2) is 36.4 Å². The normalized spacial score (nSPS) is 12.7. The Morgan fingerprint density at radius 1 is 1.14 bits per heavy atom. The Labute approximate surface area is 165 Å². The van der Waals surface area contributed by atoms with Gasteiger partial charge in [0.05, 0.1) is 38.1 Å². The van der Waals surface area contributed by atoms with Crippen LogP contribution in [0.25, 0.3) is 0 Å². The van der Waals surface area contributed by atoms with Crippen molar-refractivity contribution in [2.75, 3.05) is 32.3 Å². The van der Waals surface area contributed by atoms with Crippen molar-refractivity contribution in [2.45, 2.75) is 25.7 Å². The van der Waals surface area contributed by atoms with E-state index in [0.717, 1.165) is 29.8 Å². The topological polar surface area (TPSA) is 71.8 Å². The number of methoxy groups -OCH3 is 2. The molecular formula is C22H24N2O4. The molecule has 1 aliphatic rings. The van der Waals surface area contributed by atoms with Gasteiger partial charge in [-0.3, -0.25) is 4.79 Å². The first-order chi connectivity index (χ1) is 13.7. The molecule has 0 spiro atoms. The van der Waals surface area contributed by atoms with Gasteiger partial charge in [-0.25, -0.2) is 0 Å². The zero-order valence-corrected chi connectivity index (χ0v) is 16.2. The fourth-order valence-electron chi connectivity index (χ4n) is 3.43. The molecule has 6 nitrogen and oxygen atoms in total. The molecule has 1 aliphatic heterocycles.